The van der Waals surface area contributed by atoms with E-state index < -0.39 is 11.7 Å². The van der Waals surface area contributed by atoms with Crippen molar-refractivity contribution in [2.24, 2.45) is 10.4 Å². The van der Waals surface area contributed by atoms with Gasteiger partial charge in [-0.05, 0) is 11.5 Å². The Bertz CT molecular complexity index is 565. The van der Waals surface area contributed by atoms with Crippen molar-refractivity contribution in [3.8, 4) is 0 Å². The lowest BCUT2D eigenvalue weighted by molar-refractivity contribution is 0.0705. The van der Waals surface area contributed by atoms with Crippen LogP contribution in [-0.4, -0.2) is 22.3 Å². The normalized spacial score (nSPS) is 11.5. The molecule has 0 aliphatic rings. The number of hydrogen-bond donors (Lipinski definition) is 3. The maximum atomic E-state index is 13.7. The number of carbonyl (C=O) groups excluding carboxylic acids is 1. The zero-order chi connectivity index (χ0) is 16.0. The van der Waals surface area contributed by atoms with E-state index in [4.69, 9.17) is 5.21 Å². The van der Waals surface area contributed by atoms with E-state index in [1.54, 1.807) is 6.21 Å². The summed E-state index contributed by atoms with van der Waals surface area (Å²) in [6, 6.07) is 0.997. The van der Waals surface area contributed by atoms with Crippen molar-refractivity contribution in [3.05, 3.63) is 41.7 Å². The summed E-state index contributed by atoms with van der Waals surface area (Å²) in [6.45, 7) is 9.78. The highest BCUT2D eigenvalue weighted by atomic mass is 19.1. The molecule has 0 fully saturated rings. The first kappa shape index (κ1) is 16.8. The number of rotatable bonds is 5. The number of halogens is 1. The SMILES string of the molecule is C=C(/N=C\C(C)(C)C)NCc1ncc(C(=O)NO)cc1F. The minimum absolute atomic E-state index is 0.0664. The third kappa shape index (κ3) is 5.70. The van der Waals surface area contributed by atoms with Crippen molar-refractivity contribution in [3.63, 3.8) is 0 Å². The molecular weight excluding hydrogens is 275 g/mol. The number of aliphatic imine (C=N–C) groups is 1. The minimum Gasteiger partial charge on any atom is -0.365 e. The lowest BCUT2D eigenvalue weighted by Crippen LogP contribution is -2.20. The molecule has 1 rings (SSSR count). The van der Waals surface area contributed by atoms with Crippen molar-refractivity contribution >= 4 is 12.1 Å². The van der Waals surface area contributed by atoms with Gasteiger partial charge in [-0.1, -0.05) is 27.4 Å². The molecule has 0 aliphatic carbocycles. The molecule has 0 unspecified atom stereocenters. The average molecular weight is 294 g/mol. The van der Waals surface area contributed by atoms with Gasteiger partial charge in [0, 0.05) is 12.4 Å². The van der Waals surface area contributed by atoms with Crippen LogP contribution in [0.15, 0.2) is 29.7 Å². The van der Waals surface area contributed by atoms with E-state index in [0.717, 1.165) is 6.07 Å². The quantitative estimate of drug-likeness (QED) is 0.440. The molecule has 3 N–H and O–H groups in total. The number of nitrogens with zero attached hydrogens (tertiary/aromatic N) is 2. The van der Waals surface area contributed by atoms with Crippen LogP contribution >= 0.6 is 0 Å². The first-order valence-electron chi connectivity index (χ1n) is 6.30. The second-order valence-electron chi connectivity index (χ2n) is 5.52. The van der Waals surface area contributed by atoms with Gasteiger partial charge in [0.05, 0.1) is 17.8 Å². The molecule has 0 aromatic carbocycles. The molecule has 1 amide bonds. The van der Waals surface area contributed by atoms with E-state index in [2.05, 4.69) is 21.9 Å². The van der Waals surface area contributed by atoms with Crippen LogP contribution in [0.5, 0.6) is 0 Å². The maximum absolute atomic E-state index is 13.7. The fraction of sp³-hybridized carbons (Fsp3) is 0.357. The number of pyridine rings is 1. The Labute approximate surface area is 122 Å². The Morgan fingerprint density at radius 1 is 1.57 bits per heavy atom. The second kappa shape index (κ2) is 6.94. The number of aromatic nitrogens is 1. The number of hydrogen-bond acceptors (Lipinski definition) is 5. The molecular formula is C14H19FN4O2. The Kier molecular flexibility index (Phi) is 5.54. The summed E-state index contributed by atoms with van der Waals surface area (Å²) in [4.78, 5) is 19.1. The van der Waals surface area contributed by atoms with Crippen LogP contribution in [0, 0.1) is 11.2 Å². The van der Waals surface area contributed by atoms with Crippen LogP contribution in [0.2, 0.25) is 0 Å². The molecule has 0 saturated heterocycles. The van der Waals surface area contributed by atoms with Crippen molar-refractivity contribution in [1.29, 1.82) is 0 Å². The summed E-state index contributed by atoms with van der Waals surface area (Å²) in [6.07, 6.45) is 2.91. The van der Waals surface area contributed by atoms with Gasteiger partial charge >= 0.3 is 0 Å². The smallest absolute Gasteiger partial charge is 0.276 e. The maximum Gasteiger partial charge on any atom is 0.276 e. The summed E-state index contributed by atoms with van der Waals surface area (Å²) in [7, 11) is 0. The van der Waals surface area contributed by atoms with Gasteiger partial charge in [0.2, 0.25) is 0 Å². The Morgan fingerprint density at radius 3 is 2.76 bits per heavy atom. The van der Waals surface area contributed by atoms with Crippen LogP contribution in [0.4, 0.5) is 4.39 Å². The molecule has 6 nitrogen and oxygen atoms in total. The third-order valence-electron chi connectivity index (χ3n) is 2.35. The molecule has 0 saturated carbocycles. The Morgan fingerprint density at radius 2 is 2.24 bits per heavy atom. The second-order valence-corrected chi connectivity index (χ2v) is 5.52. The molecule has 1 aromatic rings. The fourth-order valence-corrected chi connectivity index (χ4v) is 1.29. The lowest BCUT2D eigenvalue weighted by Gasteiger charge is -2.11. The van der Waals surface area contributed by atoms with Crippen molar-refractivity contribution < 1.29 is 14.4 Å². The summed E-state index contributed by atoms with van der Waals surface area (Å²) in [5.41, 5.74) is 1.39. The van der Waals surface area contributed by atoms with Crippen LogP contribution in [0.3, 0.4) is 0 Å². The van der Waals surface area contributed by atoms with Gasteiger partial charge in [-0.25, -0.2) is 14.9 Å². The molecule has 1 heterocycles. The molecule has 0 bridgehead atoms. The molecule has 0 spiro atoms. The zero-order valence-corrected chi connectivity index (χ0v) is 12.3. The Hall–Kier alpha value is -2.28. The highest BCUT2D eigenvalue weighted by Crippen LogP contribution is 2.10. The number of nitrogens with one attached hydrogen (secondary N) is 2. The van der Waals surface area contributed by atoms with E-state index in [-0.39, 0.29) is 23.2 Å². The zero-order valence-electron chi connectivity index (χ0n) is 12.3. The van der Waals surface area contributed by atoms with Gasteiger partial charge in [-0.2, -0.15) is 0 Å². The van der Waals surface area contributed by atoms with Gasteiger partial charge in [0.1, 0.15) is 11.6 Å². The van der Waals surface area contributed by atoms with Crippen molar-refractivity contribution in [1.82, 2.24) is 15.8 Å². The molecule has 0 radical (unpaired) electrons. The largest absolute Gasteiger partial charge is 0.365 e. The first-order chi connectivity index (χ1) is 9.73. The molecule has 0 aliphatic heterocycles. The predicted octanol–water partition coefficient (Wildman–Crippen LogP) is 2.02. The van der Waals surface area contributed by atoms with Gasteiger partial charge in [0.25, 0.3) is 5.91 Å². The topological polar surface area (TPSA) is 86.6 Å². The number of amides is 1. The highest BCUT2D eigenvalue weighted by Gasteiger charge is 2.10. The van der Waals surface area contributed by atoms with E-state index in [9.17, 15) is 9.18 Å². The highest BCUT2D eigenvalue weighted by molar-refractivity contribution is 5.92. The van der Waals surface area contributed by atoms with E-state index >= 15 is 0 Å². The summed E-state index contributed by atoms with van der Waals surface area (Å²) in [5.74, 6) is -1.08. The van der Waals surface area contributed by atoms with Gasteiger partial charge in [-0.3, -0.25) is 15.0 Å². The Balaban J connectivity index is 2.66. The van der Waals surface area contributed by atoms with E-state index in [0.29, 0.717) is 5.82 Å². The first-order valence-corrected chi connectivity index (χ1v) is 6.30. The average Bonchev–Trinajstić information content (AvgIpc) is 2.42. The van der Waals surface area contributed by atoms with E-state index in [1.165, 1.54) is 11.7 Å². The number of hydroxylamine groups is 1. The van der Waals surface area contributed by atoms with Crippen LogP contribution in [0.25, 0.3) is 0 Å². The summed E-state index contributed by atoms with van der Waals surface area (Å²) < 4.78 is 13.7. The molecule has 114 valence electrons. The van der Waals surface area contributed by atoms with Gasteiger partial charge in [0.15, 0.2) is 0 Å². The molecule has 7 heteroatoms. The molecule has 0 atom stereocenters. The predicted molar refractivity (Wildman–Crippen MR) is 77.4 cm³/mol. The lowest BCUT2D eigenvalue weighted by atomic mass is 9.99. The standard InChI is InChI=1S/C14H19FN4O2/c1-9(18-8-14(2,3)4)16-7-12-11(15)5-10(6-17-12)13(20)19-21/h5-6,8,16,21H,1,7H2,2-4H3,(H,19,20)/b18-8-. The van der Waals surface area contributed by atoms with Crippen LogP contribution in [-0.2, 0) is 6.54 Å². The number of carbonyl (C=O) groups is 1. The van der Waals surface area contributed by atoms with E-state index in [1.807, 2.05) is 20.8 Å². The van der Waals surface area contributed by atoms with Crippen LogP contribution in [0.1, 0.15) is 36.8 Å². The van der Waals surface area contributed by atoms with Gasteiger partial charge < -0.3 is 5.32 Å². The van der Waals surface area contributed by atoms with Gasteiger partial charge in [-0.15, -0.1) is 0 Å². The summed E-state index contributed by atoms with van der Waals surface area (Å²) in [5, 5.41) is 11.3. The van der Waals surface area contributed by atoms with Crippen molar-refractivity contribution in [2.75, 3.05) is 0 Å². The fourth-order valence-electron chi connectivity index (χ4n) is 1.29. The van der Waals surface area contributed by atoms with Crippen molar-refractivity contribution in [2.45, 2.75) is 27.3 Å². The van der Waals surface area contributed by atoms with Crippen LogP contribution < -0.4 is 10.8 Å². The minimum atomic E-state index is -0.819. The monoisotopic (exact) mass is 294 g/mol. The third-order valence-corrected chi connectivity index (χ3v) is 2.35. The molecule has 21 heavy (non-hydrogen) atoms. The summed E-state index contributed by atoms with van der Waals surface area (Å²) >= 11 is 0. The molecule has 1 aromatic heterocycles.